The quantitative estimate of drug-likeness (QED) is 0.514. The third kappa shape index (κ3) is 3.84. The lowest BCUT2D eigenvalue weighted by Crippen LogP contribution is -2.49. The fourth-order valence-electron chi connectivity index (χ4n) is 3.90. The number of benzene rings is 3. The molecule has 0 saturated carbocycles. The number of hydrogen-bond donors (Lipinski definition) is 1. The Morgan fingerprint density at radius 3 is 2.43 bits per heavy atom. The second-order valence-corrected chi connectivity index (χ2v) is 7.91. The third-order valence-electron chi connectivity index (χ3n) is 5.62. The van der Waals surface area contributed by atoms with Crippen LogP contribution in [0, 0.1) is 5.92 Å². The maximum atomic E-state index is 10.9. The summed E-state index contributed by atoms with van der Waals surface area (Å²) >= 11 is 0. The average Bonchev–Trinajstić information content (AvgIpc) is 3.15. The van der Waals surface area contributed by atoms with Crippen molar-refractivity contribution in [2.24, 2.45) is 5.92 Å². The summed E-state index contributed by atoms with van der Waals surface area (Å²) in [5.74, 6) is -0.316. The molecule has 1 aliphatic rings. The smallest absolute Gasteiger partial charge is 0.309 e. The molecule has 1 aromatic heterocycles. The Bertz CT molecular complexity index is 1180. The molecule has 30 heavy (non-hydrogen) atoms. The maximum absolute atomic E-state index is 10.9. The standard InChI is InChI=1S/C25H22N2O3/c28-25(29)21-15-27(16-21)14-18-6-9-20(10-7-18)24-26-22-13-19(8-11-23(22)30-24)12-17-4-2-1-3-5-17/h1-11,13,21H,12,14-16H2,(H,28,29). The van der Waals surface area contributed by atoms with Gasteiger partial charge in [0.15, 0.2) is 5.58 Å². The average molecular weight is 398 g/mol. The van der Waals surface area contributed by atoms with Crippen molar-refractivity contribution in [1.82, 2.24) is 9.88 Å². The Morgan fingerprint density at radius 2 is 1.70 bits per heavy atom. The molecule has 5 heteroatoms. The van der Waals surface area contributed by atoms with Crippen LogP contribution in [0.5, 0.6) is 0 Å². The summed E-state index contributed by atoms with van der Waals surface area (Å²) in [7, 11) is 0. The molecule has 2 heterocycles. The second kappa shape index (κ2) is 7.76. The van der Waals surface area contributed by atoms with Crippen molar-refractivity contribution < 1.29 is 14.3 Å². The molecule has 0 unspecified atom stereocenters. The molecule has 0 radical (unpaired) electrons. The van der Waals surface area contributed by atoms with E-state index in [0.717, 1.165) is 35.2 Å². The first-order valence-corrected chi connectivity index (χ1v) is 10.1. The van der Waals surface area contributed by atoms with Gasteiger partial charge in [-0.3, -0.25) is 9.69 Å². The van der Waals surface area contributed by atoms with E-state index >= 15 is 0 Å². The van der Waals surface area contributed by atoms with E-state index in [1.165, 1.54) is 11.1 Å². The van der Waals surface area contributed by atoms with E-state index in [9.17, 15) is 4.79 Å². The minimum absolute atomic E-state index is 0.226. The van der Waals surface area contributed by atoms with E-state index in [0.29, 0.717) is 19.0 Å². The molecule has 1 N–H and O–H groups in total. The first kappa shape index (κ1) is 18.6. The number of hydrogen-bond acceptors (Lipinski definition) is 4. The van der Waals surface area contributed by atoms with Gasteiger partial charge in [0.25, 0.3) is 0 Å². The molecule has 0 spiro atoms. The third-order valence-corrected chi connectivity index (χ3v) is 5.62. The van der Waals surface area contributed by atoms with E-state index < -0.39 is 5.97 Å². The first-order valence-electron chi connectivity index (χ1n) is 10.1. The van der Waals surface area contributed by atoms with Crippen LogP contribution < -0.4 is 0 Å². The van der Waals surface area contributed by atoms with E-state index in [1.807, 2.05) is 24.3 Å². The summed E-state index contributed by atoms with van der Waals surface area (Å²) in [6.07, 6.45) is 0.868. The van der Waals surface area contributed by atoms with Gasteiger partial charge in [-0.15, -0.1) is 0 Å². The van der Waals surface area contributed by atoms with E-state index in [-0.39, 0.29) is 5.92 Å². The van der Waals surface area contributed by atoms with Gasteiger partial charge in [0.2, 0.25) is 5.89 Å². The van der Waals surface area contributed by atoms with Crippen molar-refractivity contribution in [2.45, 2.75) is 13.0 Å². The molecule has 1 fully saturated rings. The Balaban J connectivity index is 1.29. The van der Waals surface area contributed by atoms with Gasteiger partial charge in [0.05, 0.1) is 5.92 Å². The van der Waals surface area contributed by atoms with E-state index in [2.05, 4.69) is 53.4 Å². The minimum Gasteiger partial charge on any atom is -0.481 e. The summed E-state index contributed by atoms with van der Waals surface area (Å²) in [5, 5.41) is 8.99. The highest BCUT2D eigenvalue weighted by molar-refractivity contribution is 5.77. The highest BCUT2D eigenvalue weighted by Crippen LogP contribution is 2.27. The summed E-state index contributed by atoms with van der Waals surface area (Å²) in [4.78, 5) is 17.8. The number of rotatable bonds is 6. The van der Waals surface area contributed by atoms with Crippen molar-refractivity contribution in [1.29, 1.82) is 0 Å². The molecule has 0 bridgehead atoms. The van der Waals surface area contributed by atoms with Gasteiger partial charge in [-0.2, -0.15) is 0 Å². The molecule has 0 atom stereocenters. The normalized spacial score (nSPS) is 14.7. The Morgan fingerprint density at radius 1 is 0.967 bits per heavy atom. The molecule has 5 rings (SSSR count). The van der Waals surface area contributed by atoms with Gasteiger partial charge in [-0.25, -0.2) is 4.98 Å². The van der Waals surface area contributed by atoms with Crippen molar-refractivity contribution >= 4 is 17.1 Å². The topological polar surface area (TPSA) is 66.6 Å². The van der Waals surface area contributed by atoms with Crippen molar-refractivity contribution in [3.63, 3.8) is 0 Å². The molecule has 0 aliphatic carbocycles. The fourth-order valence-corrected chi connectivity index (χ4v) is 3.90. The lowest BCUT2D eigenvalue weighted by Gasteiger charge is -2.36. The largest absolute Gasteiger partial charge is 0.481 e. The van der Waals surface area contributed by atoms with Gasteiger partial charge in [0.1, 0.15) is 5.52 Å². The zero-order chi connectivity index (χ0) is 20.5. The van der Waals surface area contributed by atoms with E-state index in [1.54, 1.807) is 0 Å². The summed E-state index contributed by atoms with van der Waals surface area (Å²) < 4.78 is 5.97. The molecular formula is C25H22N2O3. The van der Waals surface area contributed by atoms with Crippen LogP contribution in [0.3, 0.4) is 0 Å². The maximum Gasteiger partial charge on any atom is 0.309 e. The summed E-state index contributed by atoms with van der Waals surface area (Å²) in [5.41, 5.74) is 6.22. The lowest BCUT2D eigenvalue weighted by atomic mass is 9.99. The van der Waals surface area contributed by atoms with Gasteiger partial charge < -0.3 is 9.52 Å². The van der Waals surface area contributed by atoms with Crippen LogP contribution in [0.2, 0.25) is 0 Å². The molecule has 3 aromatic carbocycles. The molecule has 5 nitrogen and oxygen atoms in total. The second-order valence-electron chi connectivity index (χ2n) is 7.91. The zero-order valence-electron chi connectivity index (χ0n) is 16.5. The van der Waals surface area contributed by atoms with Crippen LogP contribution in [0.1, 0.15) is 16.7 Å². The number of carbonyl (C=O) groups is 1. The number of carboxylic acid groups (broad SMARTS) is 1. The number of carboxylic acids is 1. The number of fused-ring (bicyclic) bond motifs is 1. The van der Waals surface area contributed by atoms with Crippen LogP contribution in [0.15, 0.2) is 77.2 Å². The number of likely N-dealkylation sites (tertiary alicyclic amines) is 1. The van der Waals surface area contributed by atoms with E-state index in [4.69, 9.17) is 14.5 Å². The number of aromatic nitrogens is 1. The molecule has 4 aromatic rings. The SMILES string of the molecule is O=C(O)C1CN(Cc2ccc(-c3nc4cc(Cc5ccccc5)ccc4o3)cc2)C1. The van der Waals surface area contributed by atoms with Crippen LogP contribution >= 0.6 is 0 Å². The Hall–Kier alpha value is -3.44. The molecule has 1 aliphatic heterocycles. The monoisotopic (exact) mass is 398 g/mol. The van der Waals surface area contributed by atoms with Crippen LogP contribution in [0.4, 0.5) is 0 Å². The predicted octanol–water partition coefficient (Wildman–Crippen LogP) is 4.60. The van der Waals surface area contributed by atoms with Crippen LogP contribution in [-0.2, 0) is 17.8 Å². The molecule has 1 saturated heterocycles. The lowest BCUT2D eigenvalue weighted by molar-refractivity contribution is -0.147. The van der Waals surface area contributed by atoms with Gasteiger partial charge in [-0.05, 0) is 47.4 Å². The molecular weight excluding hydrogens is 376 g/mol. The van der Waals surface area contributed by atoms with Gasteiger partial charge in [-0.1, -0.05) is 48.5 Å². The Kier molecular flexibility index (Phi) is 4.81. The molecule has 0 amide bonds. The van der Waals surface area contributed by atoms with Crippen LogP contribution in [0.25, 0.3) is 22.6 Å². The summed E-state index contributed by atoms with van der Waals surface area (Å²) in [6.45, 7) is 2.00. The van der Waals surface area contributed by atoms with Gasteiger partial charge >= 0.3 is 5.97 Å². The van der Waals surface area contributed by atoms with Crippen molar-refractivity contribution in [3.8, 4) is 11.5 Å². The zero-order valence-corrected chi connectivity index (χ0v) is 16.5. The highest BCUT2D eigenvalue weighted by atomic mass is 16.4. The Labute approximate surface area is 174 Å². The van der Waals surface area contributed by atoms with Crippen molar-refractivity contribution in [2.75, 3.05) is 13.1 Å². The first-order chi connectivity index (χ1) is 14.6. The number of oxazole rings is 1. The number of nitrogens with zero attached hydrogens (tertiary/aromatic N) is 2. The van der Waals surface area contributed by atoms with Gasteiger partial charge in [0, 0.05) is 25.2 Å². The predicted molar refractivity (Wildman–Crippen MR) is 115 cm³/mol. The number of aliphatic carboxylic acids is 1. The molecule has 150 valence electrons. The summed E-state index contributed by atoms with van der Waals surface area (Å²) in [6, 6.07) is 24.7. The highest BCUT2D eigenvalue weighted by Gasteiger charge is 2.32. The minimum atomic E-state index is -0.704. The fraction of sp³-hybridized carbons (Fsp3) is 0.200. The van der Waals surface area contributed by atoms with Crippen molar-refractivity contribution in [3.05, 3.63) is 89.5 Å². The van der Waals surface area contributed by atoms with Crippen LogP contribution in [-0.4, -0.2) is 34.0 Å².